The van der Waals surface area contributed by atoms with E-state index in [-0.39, 0.29) is 0 Å². The van der Waals surface area contributed by atoms with Crippen LogP contribution < -0.4 is 0 Å². The molecule has 0 aliphatic carbocycles. The van der Waals surface area contributed by atoms with Gasteiger partial charge in [-0.3, -0.25) is 0 Å². The second-order valence-corrected chi connectivity index (χ2v) is 3.50. The van der Waals surface area contributed by atoms with Gasteiger partial charge in [-0.1, -0.05) is 0 Å². The van der Waals surface area contributed by atoms with Crippen LogP contribution in [0.3, 0.4) is 0 Å². The molecular weight excluding hydrogens is 185 g/mol. The molecule has 0 aromatic rings. The smallest absolute Gasteiger partial charge is 0.389 e. The molecule has 68 valence electrons. The van der Waals surface area contributed by atoms with Crippen LogP contribution in [0.15, 0.2) is 0 Å². The van der Waals surface area contributed by atoms with Gasteiger partial charge in [0.15, 0.2) is 0 Å². The van der Waals surface area contributed by atoms with Crippen molar-refractivity contribution in [2.45, 2.75) is 19.0 Å². The summed E-state index contributed by atoms with van der Waals surface area (Å²) in [5.41, 5.74) is 0. The van der Waals surface area contributed by atoms with Crippen LogP contribution in [0.4, 0.5) is 13.2 Å². The summed E-state index contributed by atoms with van der Waals surface area (Å²) in [6, 6.07) is 0. The first-order valence-corrected chi connectivity index (χ1v) is 4.29. The Bertz CT molecular complexity index is 205. The van der Waals surface area contributed by atoms with Gasteiger partial charge in [0.25, 0.3) is 0 Å². The summed E-state index contributed by atoms with van der Waals surface area (Å²) in [5.74, 6) is -0.952. The van der Waals surface area contributed by atoms with E-state index >= 15 is 0 Å². The van der Waals surface area contributed by atoms with Crippen molar-refractivity contribution in [3.8, 4) is 0 Å². The Labute approximate surface area is 62.0 Å². The summed E-state index contributed by atoms with van der Waals surface area (Å²) in [7, 11) is -4.50. The van der Waals surface area contributed by atoms with Gasteiger partial charge in [-0.15, -0.1) is 0 Å². The number of rotatable bonds is 3. The lowest BCUT2D eigenvalue weighted by atomic mass is 10.3. The van der Waals surface area contributed by atoms with Gasteiger partial charge in [-0.05, 0) is 6.42 Å². The van der Waals surface area contributed by atoms with E-state index in [1.807, 2.05) is 0 Å². The highest BCUT2D eigenvalue weighted by atomic mass is 32.2. The van der Waals surface area contributed by atoms with Crippen LogP contribution in [0.1, 0.15) is 12.8 Å². The molecule has 0 bridgehead atoms. The number of hydrogen-bond donors (Lipinski definition) is 0. The van der Waals surface area contributed by atoms with E-state index in [1.165, 1.54) is 0 Å². The van der Waals surface area contributed by atoms with E-state index in [1.54, 1.807) is 0 Å². The van der Waals surface area contributed by atoms with E-state index in [0.29, 0.717) is 0 Å². The van der Waals surface area contributed by atoms with Crippen LogP contribution >= 0.6 is 0 Å². The molecule has 0 aromatic heterocycles. The fourth-order valence-corrected chi connectivity index (χ4v) is 0.947. The molecular formula is C4H6F3O3S-. The fourth-order valence-electron chi connectivity index (χ4n) is 0.449. The Morgan fingerprint density at radius 3 is 2.00 bits per heavy atom. The van der Waals surface area contributed by atoms with Gasteiger partial charge in [0.1, 0.15) is 0 Å². The van der Waals surface area contributed by atoms with E-state index < -0.39 is 34.9 Å². The first-order chi connectivity index (χ1) is 4.71. The molecule has 0 atom stereocenters. The SMILES string of the molecule is O=S(=O)([O-])CCCC(F)(F)F. The van der Waals surface area contributed by atoms with Gasteiger partial charge in [0.2, 0.25) is 0 Å². The molecule has 0 N–H and O–H groups in total. The second-order valence-electron chi connectivity index (χ2n) is 1.98. The van der Waals surface area contributed by atoms with Crippen LogP contribution in [-0.4, -0.2) is 24.9 Å². The van der Waals surface area contributed by atoms with E-state index in [9.17, 15) is 26.1 Å². The maximum Gasteiger partial charge on any atom is 0.389 e. The third-order valence-corrected chi connectivity index (χ3v) is 1.64. The normalized spacial score (nSPS) is 13.5. The zero-order chi connectivity index (χ0) is 9.12. The van der Waals surface area contributed by atoms with Crippen LogP contribution in [0.25, 0.3) is 0 Å². The van der Waals surface area contributed by atoms with Crippen molar-refractivity contribution in [2.75, 3.05) is 5.75 Å². The Hall–Kier alpha value is -0.300. The van der Waals surface area contributed by atoms with Gasteiger partial charge < -0.3 is 4.55 Å². The summed E-state index contributed by atoms with van der Waals surface area (Å²) < 4.78 is 63.4. The first-order valence-electron chi connectivity index (χ1n) is 2.71. The minimum absolute atomic E-state index is 0.657. The fraction of sp³-hybridized carbons (Fsp3) is 1.00. The van der Waals surface area contributed by atoms with Crippen molar-refractivity contribution in [3.63, 3.8) is 0 Å². The zero-order valence-electron chi connectivity index (χ0n) is 5.39. The molecule has 0 amide bonds. The average molecular weight is 191 g/mol. The molecule has 0 heterocycles. The summed E-state index contributed by atoms with van der Waals surface area (Å²) in [4.78, 5) is 0. The van der Waals surface area contributed by atoms with Crippen molar-refractivity contribution >= 4 is 10.1 Å². The Morgan fingerprint density at radius 1 is 1.27 bits per heavy atom. The Morgan fingerprint density at radius 2 is 1.73 bits per heavy atom. The third-order valence-electron chi connectivity index (χ3n) is 0.855. The topological polar surface area (TPSA) is 57.2 Å². The van der Waals surface area contributed by atoms with Gasteiger partial charge in [0.05, 0.1) is 10.1 Å². The van der Waals surface area contributed by atoms with Crippen molar-refractivity contribution in [3.05, 3.63) is 0 Å². The Kier molecular flexibility index (Phi) is 3.30. The zero-order valence-corrected chi connectivity index (χ0v) is 6.20. The highest BCUT2D eigenvalue weighted by molar-refractivity contribution is 7.85. The minimum Gasteiger partial charge on any atom is -0.748 e. The molecule has 0 aliphatic heterocycles. The predicted molar refractivity (Wildman–Crippen MR) is 29.9 cm³/mol. The molecule has 11 heavy (non-hydrogen) atoms. The number of halogens is 3. The van der Waals surface area contributed by atoms with Gasteiger partial charge in [-0.25, -0.2) is 8.42 Å². The van der Waals surface area contributed by atoms with Crippen LogP contribution in [-0.2, 0) is 10.1 Å². The van der Waals surface area contributed by atoms with Crippen molar-refractivity contribution in [1.29, 1.82) is 0 Å². The largest absolute Gasteiger partial charge is 0.748 e. The molecule has 0 rings (SSSR count). The monoisotopic (exact) mass is 191 g/mol. The molecule has 0 fully saturated rings. The molecule has 0 aromatic carbocycles. The summed E-state index contributed by atoms with van der Waals surface area (Å²) >= 11 is 0. The highest BCUT2D eigenvalue weighted by Gasteiger charge is 2.26. The number of hydrogen-bond acceptors (Lipinski definition) is 3. The second kappa shape index (κ2) is 3.40. The first kappa shape index (κ1) is 10.7. The summed E-state index contributed by atoms with van der Waals surface area (Å²) in [6.07, 6.45) is -6.27. The van der Waals surface area contributed by atoms with E-state index in [2.05, 4.69) is 0 Å². The molecule has 3 nitrogen and oxygen atoms in total. The third kappa shape index (κ3) is 9.70. The van der Waals surface area contributed by atoms with E-state index in [4.69, 9.17) is 0 Å². The number of alkyl halides is 3. The predicted octanol–water partition coefficient (Wildman–Crippen LogP) is 0.874. The quantitative estimate of drug-likeness (QED) is 0.622. The highest BCUT2D eigenvalue weighted by Crippen LogP contribution is 2.21. The molecule has 7 heteroatoms. The molecule has 0 saturated heterocycles. The molecule has 0 radical (unpaired) electrons. The van der Waals surface area contributed by atoms with Gasteiger partial charge in [0, 0.05) is 12.2 Å². The molecule has 0 unspecified atom stereocenters. The maximum absolute atomic E-state index is 11.3. The lowest BCUT2D eigenvalue weighted by molar-refractivity contribution is -0.134. The van der Waals surface area contributed by atoms with Crippen molar-refractivity contribution in [1.82, 2.24) is 0 Å². The molecule has 0 aliphatic rings. The lowest BCUT2D eigenvalue weighted by Gasteiger charge is -2.07. The minimum atomic E-state index is -4.50. The summed E-state index contributed by atoms with van der Waals surface area (Å²) in [6.45, 7) is 0. The van der Waals surface area contributed by atoms with Crippen LogP contribution in [0, 0.1) is 0 Å². The standard InChI is InChI=1S/C4H7F3O3S/c5-4(6,7)2-1-3-11(8,9)10/h1-3H2,(H,8,9,10)/p-1. The molecule has 0 spiro atoms. The molecule has 0 saturated carbocycles. The van der Waals surface area contributed by atoms with E-state index in [0.717, 1.165) is 0 Å². The van der Waals surface area contributed by atoms with Gasteiger partial charge >= 0.3 is 6.18 Å². The van der Waals surface area contributed by atoms with Gasteiger partial charge in [-0.2, -0.15) is 13.2 Å². The van der Waals surface area contributed by atoms with Crippen molar-refractivity contribution < 1.29 is 26.1 Å². The Balaban J connectivity index is 3.61. The average Bonchev–Trinajstić information content (AvgIpc) is 1.55. The maximum atomic E-state index is 11.3. The van der Waals surface area contributed by atoms with Crippen LogP contribution in [0.2, 0.25) is 0 Å². The summed E-state index contributed by atoms with van der Waals surface area (Å²) in [5, 5.41) is 0. The van der Waals surface area contributed by atoms with Crippen molar-refractivity contribution in [2.24, 2.45) is 0 Å². The van der Waals surface area contributed by atoms with Crippen LogP contribution in [0.5, 0.6) is 0 Å². The lowest BCUT2D eigenvalue weighted by Crippen LogP contribution is -2.11.